The molecule has 0 fully saturated rings. The molecule has 0 bridgehead atoms. The van der Waals surface area contributed by atoms with Crippen molar-refractivity contribution in [2.45, 2.75) is 39.8 Å². The molecule has 112 valence electrons. The molecule has 4 heteroatoms. The van der Waals surface area contributed by atoms with Gasteiger partial charge in [-0.2, -0.15) is 0 Å². The Bertz CT molecular complexity index is 584. The highest BCUT2D eigenvalue weighted by Crippen LogP contribution is 2.24. The normalized spacial score (nSPS) is 12.4. The summed E-state index contributed by atoms with van der Waals surface area (Å²) in [5.74, 6) is 0.797. The summed E-state index contributed by atoms with van der Waals surface area (Å²) in [6, 6.07) is 4.27. The zero-order chi connectivity index (χ0) is 15.2. The lowest BCUT2D eigenvalue weighted by Crippen LogP contribution is -2.22. The molecule has 2 heterocycles. The quantitative estimate of drug-likeness (QED) is 0.885. The van der Waals surface area contributed by atoms with Crippen molar-refractivity contribution in [1.29, 1.82) is 0 Å². The molecule has 2 aromatic heterocycles. The van der Waals surface area contributed by atoms with Gasteiger partial charge in [-0.15, -0.1) is 0 Å². The molecule has 0 saturated heterocycles. The summed E-state index contributed by atoms with van der Waals surface area (Å²) in [5, 5.41) is 3.49. The van der Waals surface area contributed by atoms with Crippen molar-refractivity contribution in [1.82, 2.24) is 15.3 Å². The Labute approximate surface area is 126 Å². The standard InChI is InChI=1S/C17H23N3O/c1-5-20-17(14-6-13(4)8-18-9-14)15-7-16(11-19-10-15)21-12(2)3/h6-12,17,20H,5H2,1-4H3. The number of pyridine rings is 2. The van der Waals surface area contributed by atoms with Crippen molar-refractivity contribution in [3.63, 3.8) is 0 Å². The fraction of sp³-hybridized carbons (Fsp3) is 0.412. The van der Waals surface area contributed by atoms with E-state index in [1.54, 1.807) is 6.20 Å². The molecule has 0 saturated carbocycles. The van der Waals surface area contributed by atoms with Crippen LogP contribution < -0.4 is 10.1 Å². The van der Waals surface area contributed by atoms with Gasteiger partial charge in [0.05, 0.1) is 18.3 Å². The highest BCUT2D eigenvalue weighted by atomic mass is 16.5. The van der Waals surface area contributed by atoms with E-state index in [0.717, 1.165) is 29.0 Å². The Hall–Kier alpha value is -1.94. The van der Waals surface area contributed by atoms with Crippen LogP contribution in [0.5, 0.6) is 5.75 Å². The van der Waals surface area contributed by atoms with Gasteiger partial charge in [-0.3, -0.25) is 9.97 Å². The van der Waals surface area contributed by atoms with E-state index in [0.29, 0.717) is 0 Å². The molecule has 1 N–H and O–H groups in total. The number of aromatic nitrogens is 2. The summed E-state index contributed by atoms with van der Waals surface area (Å²) >= 11 is 0. The van der Waals surface area contributed by atoms with E-state index >= 15 is 0 Å². The highest BCUT2D eigenvalue weighted by Gasteiger charge is 2.15. The number of aryl methyl sites for hydroxylation is 1. The topological polar surface area (TPSA) is 47.0 Å². The third kappa shape index (κ3) is 4.26. The number of hydrogen-bond acceptors (Lipinski definition) is 4. The van der Waals surface area contributed by atoms with E-state index in [-0.39, 0.29) is 12.1 Å². The summed E-state index contributed by atoms with van der Waals surface area (Å²) in [6.07, 6.45) is 7.53. The molecule has 21 heavy (non-hydrogen) atoms. The third-order valence-electron chi connectivity index (χ3n) is 3.08. The summed E-state index contributed by atoms with van der Waals surface area (Å²) in [7, 11) is 0. The van der Waals surface area contributed by atoms with Crippen LogP contribution in [0.3, 0.4) is 0 Å². The average molecular weight is 285 g/mol. The summed E-state index contributed by atoms with van der Waals surface area (Å²) in [4.78, 5) is 8.60. The lowest BCUT2D eigenvalue weighted by Gasteiger charge is -2.20. The number of ether oxygens (including phenoxy) is 1. The van der Waals surface area contributed by atoms with Crippen LogP contribution in [0.4, 0.5) is 0 Å². The van der Waals surface area contributed by atoms with Crippen molar-refractivity contribution in [2.75, 3.05) is 6.54 Å². The lowest BCUT2D eigenvalue weighted by molar-refractivity contribution is 0.241. The van der Waals surface area contributed by atoms with E-state index in [9.17, 15) is 0 Å². The van der Waals surface area contributed by atoms with Crippen LogP contribution in [0.25, 0.3) is 0 Å². The molecule has 0 aliphatic rings. The van der Waals surface area contributed by atoms with E-state index < -0.39 is 0 Å². The zero-order valence-electron chi connectivity index (χ0n) is 13.1. The predicted octanol–water partition coefficient (Wildman–Crippen LogP) is 3.27. The minimum Gasteiger partial charge on any atom is -0.489 e. The summed E-state index contributed by atoms with van der Waals surface area (Å²) in [5.41, 5.74) is 3.38. The van der Waals surface area contributed by atoms with Gasteiger partial charge < -0.3 is 10.1 Å². The number of nitrogens with one attached hydrogen (secondary N) is 1. The molecule has 1 atom stereocenters. The third-order valence-corrected chi connectivity index (χ3v) is 3.08. The second kappa shape index (κ2) is 7.18. The van der Waals surface area contributed by atoms with Gasteiger partial charge in [-0.1, -0.05) is 13.0 Å². The second-order valence-electron chi connectivity index (χ2n) is 5.41. The molecule has 0 radical (unpaired) electrons. The van der Waals surface area contributed by atoms with Crippen molar-refractivity contribution in [2.24, 2.45) is 0 Å². The number of hydrogen-bond donors (Lipinski definition) is 1. The Kier molecular flexibility index (Phi) is 5.28. The highest BCUT2D eigenvalue weighted by molar-refractivity contribution is 5.34. The Morgan fingerprint density at radius 1 is 1.05 bits per heavy atom. The van der Waals surface area contributed by atoms with Gasteiger partial charge in [0.25, 0.3) is 0 Å². The Morgan fingerprint density at radius 3 is 2.33 bits per heavy atom. The molecule has 0 amide bonds. The maximum atomic E-state index is 5.74. The van der Waals surface area contributed by atoms with Crippen LogP contribution in [0, 0.1) is 6.92 Å². The van der Waals surface area contributed by atoms with Gasteiger partial charge in [0, 0.05) is 18.6 Å². The monoisotopic (exact) mass is 285 g/mol. The van der Waals surface area contributed by atoms with Gasteiger partial charge in [0.2, 0.25) is 0 Å². The SMILES string of the molecule is CCNC(c1cncc(C)c1)c1cncc(OC(C)C)c1. The van der Waals surface area contributed by atoms with E-state index in [4.69, 9.17) is 4.74 Å². The largest absolute Gasteiger partial charge is 0.489 e. The summed E-state index contributed by atoms with van der Waals surface area (Å²) < 4.78 is 5.74. The average Bonchev–Trinajstić information content (AvgIpc) is 2.44. The fourth-order valence-electron chi connectivity index (χ4n) is 2.30. The first-order valence-corrected chi connectivity index (χ1v) is 7.36. The molecule has 1 unspecified atom stereocenters. The molecule has 0 aliphatic heterocycles. The minimum atomic E-state index is 0.0746. The molecule has 0 spiro atoms. The van der Waals surface area contributed by atoms with Crippen LogP contribution in [0.15, 0.2) is 36.9 Å². The zero-order valence-corrected chi connectivity index (χ0v) is 13.1. The maximum absolute atomic E-state index is 5.74. The molecule has 2 aromatic rings. The second-order valence-corrected chi connectivity index (χ2v) is 5.41. The Morgan fingerprint density at radius 2 is 1.71 bits per heavy atom. The first-order valence-electron chi connectivity index (χ1n) is 7.36. The lowest BCUT2D eigenvalue weighted by atomic mass is 10.0. The summed E-state index contributed by atoms with van der Waals surface area (Å²) in [6.45, 7) is 9.04. The van der Waals surface area contributed by atoms with E-state index in [1.807, 2.05) is 38.5 Å². The van der Waals surface area contributed by atoms with E-state index in [1.165, 1.54) is 0 Å². The fourth-order valence-corrected chi connectivity index (χ4v) is 2.30. The van der Waals surface area contributed by atoms with Crippen LogP contribution in [0.2, 0.25) is 0 Å². The number of rotatable bonds is 6. The maximum Gasteiger partial charge on any atom is 0.138 e. The van der Waals surface area contributed by atoms with Crippen LogP contribution >= 0.6 is 0 Å². The molecule has 0 aromatic carbocycles. The van der Waals surface area contributed by atoms with Crippen molar-refractivity contribution < 1.29 is 4.74 Å². The van der Waals surface area contributed by atoms with Crippen molar-refractivity contribution in [3.05, 3.63) is 53.6 Å². The molecular weight excluding hydrogens is 262 g/mol. The predicted molar refractivity (Wildman–Crippen MR) is 84.5 cm³/mol. The minimum absolute atomic E-state index is 0.0746. The van der Waals surface area contributed by atoms with Crippen LogP contribution in [-0.2, 0) is 0 Å². The molecular formula is C17H23N3O. The van der Waals surface area contributed by atoms with Crippen molar-refractivity contribution >= 4 is 0 Å². The van der Waals surface area contributed by atoms with Gasteiger partial charge in [-0.25, -0.2) is 0 Å². The van der Waals surface area contributed by atoms with Crippen LogP contribution in [0.1, 0.15) is 43.5 Å². The van der Waals surface area contributed by atoms with Crippen molar-refractivity contribution in [3.8, 4) is 5.75 Å². The van der Waals surface area contributed by atoms with Crippen LogP contribution in [-0.4, -0.2) is 22.6 Å². The Balaban J connectivity index is 2.34. The van der Waals surface area contributed by atoms with Gasteiger partial charge in [-0.05, 0) is 50.1 Å². The van der Waals surface area contributed by atoms with Gasteiger partial charge in [0.1, 0.15) is 5.75 Å². The first kappa shape index (κ1) is 15.4. The smallest absolute Gasteiger partial charge is 0.138 e. The molecule has 4 nitrogen and oxygen atoms in total. The molecule has 2 rings (SSSR count). The first-order chi connectivity index (χ1) is 10.1. The van der Waals surface area contributed by atoms with E-state index in [2.05, 4.69) is 35.2 Å². The number of nitrogens with zero attached hydrogens (tertiary/aromatic N) is 2. The molecule has 0 aliphatic carbocycles. The van der Waals surface area contributed by atoms with Gasteiger partial charge >= 0.3 is 0 Å². The van der Waals surface area contributed by atoms with Gasteiger partial charge in [0.15, 0.2) is 0 Å².